The number of ether oxygens (including phenoxy) is 2. The third-order valence-electron chi connectivity index (χ3n) is 8.88. The van der Waals surface area contributed by atoms with Crippen LogP contribution in [0.5, 0.6) is 0 Å². The lowest BCUT2D eigenvalue weighted by atomic mass is 10.2. The molecule has 0 saturated carbocycles. The molecule has 0 aliphatic carbocycles. The van der Waals surface area contributed by atoms with Gasteiger partial charge in [0.05, 0.1) is 12.7 Å². The molecule has 1 aliphatic rings. The zero-order valence-electron chi connectivity index (χ0n) is 27.6. The third kappa shape index (κ3) is 8.72. The lowest BCUT2D eigenvalue weighted by Crippen LogP contribution is -2.48. The van der Waals surface area contributed by atoms with E-state index in [1.807, 2.05) is 0 Å². The van der Waals surface area contributed by atoms with Gasteiger partial charge >= 0.3 is 11.7 Å². The molecule has 12 heteroatoms. The molecule has 3 atom stereocenters. The molecule has 2 aromatic rings. The van der Waals surface area contributed by atoms with E-state index >= 15 is 0 Å². The van der Waals surface area contributed by atoms with Crippen molar-refractivity contribution in [3.63, 3.8) is 0 Å². The minimum absolute atomic E-state index is 0.0211. The fourth-order valence-corrected chi connectivity index (χ4v) is 6.46. The molecule has 1 fully saturated rings. The number of nitrogens with zero attached hydrogens (tertiary/aromatic N) is 2. The Bertz CT molecular complexity index is 1350. The summed E-state index contributed by atoms with van der Waals surface area (Å²) in [6.45, 7) is 23.4. The summed E-state index contributed by atoms with van der Waals surface area (Å²) in [5.74, 6) is -0.903. The number of nitrogens with one attached hydrogen (secondary N) is 1. The van der Waals surface area contributed by atoms with Crippen molar-refractivity contribution >= 4 is 34.3 Å². The number of hydrogen-bond donors (Lipinski definition) is 1. The second kappa shape index (κ2) is 13.1. The highest BCUT2D eigenvalue weighted by Crippen LogP contribution is 2.42. The number of rotatable bonds is 10. The van der Waals surface area contributed by atoms with Crippen LogP contribution in [0.1, 0.15) is 77.0 Å². The maximum atomic E-state index is 13.4. The lowest BCUT2D eigenvalue weighted by Gasteiger charge is -2.40. The number of esters is 1. The highest BCUT2D eigenvalue weighted by Gasteiger charge is 2.47. The van der Waals surface area contributed by atoms with E-state index in [2.05, 4.69) is 78.0 Å². The van der Waals surface area contributed by atoms with E-state index in [1.165, 1.54) is 11.5 Å². The summed E-state index contributed by atoms with van der Waals surface area (Å²) in [4.78, 5) is 42.1. The largest absolute Gasteiger partial charge is 0.461 e. The summed E-state index contributed by atoms with van der Waals surface area (Å²) in [6, 6.07) is 8.60. The number of carbonyl (C=O) groups excluding carboxylic acids is 2. The molecule has 1 aliphatic heterocycles. The van der Waals surface area contributed by atoms with Crippen LogP contribution in [0.15, 0.2) is 41.3 Å². The molecule has 0 spiro atoms. The SMILES string of the molecule is CC(=O)OCc1cn([C@H]2C[C@H](O[Si](C)(C)C(C)(C)C)[C@@H](CO[Si](C)(C)C(C)(C)C)O2)c(=O)nc1NC(=O)c1ccccc1. The highest BCUT2D eigenvalue weighted by atomic mass is 28.4. The second-order valence-corrected chi connectivity index (χ2v) is 23.8. The Morgan fingerprint density at radius 1 is 1.02 bits per heavy atom. The summed E-state index contributed by atoms with van der Waals surface area (Å²) in [7, 11) is -4.28. The molecule has 0 radical (unpaired) electrons. The predicted octanol–water partition coefficient (Wildman–Crippen LogP) is 6.26. The van der Waals surface area contributed by atoms with Gasteiger partial charge < -0.3 is 23.6 Å². The fourth-order valence-electron chi connectivity index (χ4n) is 4.09. The van der Waals surface area contributed by atoms with Gasteiger partial charge in [-0.25, -0.2) is 4.79 Å². The Hall–Kier alpha value is -2.65. The number of anilines is 1. The number of amides is 1. The van der Waals surface area contributed by atoms with Gasteiger partial charge in [0.1, 0.15) is 24.8 Å². The van der Waals surface area contributed by atoms with Gasteiger partial charge in [-0.1, -0.05) is 59.7 Å². The van der Waals surface area contributed by atoms with Crippen molar-refractivity contribution in [2.75, 3.05) is 11.9 Å². The molecule has 1 amide bonds. The van der Waals surface area contributed by atoms with Crippen LogP contribution in [0.3, 0.4) is 0 Å². The quantitative estimate of drug-likeness (QED) is 0.241. The fraction of sp³-hybridized carbons (Fsp3) is 0.613. The topological polar surface area (TPSA) is 118 Å². The average Bonchev–Trinajstić information content (AvgIpc) is 3.27. The van der Waals surface area contributed by atoms with Crippen molar-refractivity contribution in [3.05, 3.63) is 58.1 Å². The average molecular weight is 632 g/mol. The molecule has 2 heterocycles. The van der Waals surface area contributed by atoms with Crippen LogP contribution < -0.4 is 11.0 Å². The van der Waals surface area contributed by atoms with Crippen molar-refractivity contribution in [2.45, 2.75) is 116 Å². The predicted molar refractivity (Wildman–Crippen MR) is 172 cm³/mol. The molecular weight excluding hydrogens is 583 g/mol. The van der Waals surface area contributed by atoms with Gasteiger partial charge in [-0.15, -0.1) is 0 Å². The Morgan fingerprint density at radius 2 is 1.63 bits per heavy atom. The summed E-state index contributed by atoms with van der Waals surface area (Å²) < 4.78 is 26.5. The Labute approximate surface area is 257 Å². The van der Waals surface area contributed by atoms with Gasteiger partial charge in [-0.05, 0) is 48.4 Å². The van der Waals surface area contributed by atoms with Gasteiger partial charge in [0.15, 0.2) is 16.6 Å². The van der Waals surface area contributed by atoms with E-state index in [-0.39, 0.29) is 28.6 Å². The molecular formula is C31H49N3O7Si2. The van der Waals surface area contributed by atoms with E-state index in [0.717, 1.165) is 0 Å². The van der Waals surface area contributed by atoms with Crippen LogP contribution in [-0.2, 0) is 29.7 Å². The molecule has 0 bridgehead atoms. The number of carbonyl (C=O) groups is 2. The van der Waals surface area contributed by atoms with Gasteiger partial charge in [-0.3, -0.25) is 14.2 Å². The van der Waals surface area contributed by atoms with Crippen LogP contribution in [0.25, 0.3) is 0 Å². The molecule has 0 unspecified atom stereocenters. The van der Waals surface area contributed by atoms with E-state index in [4.69, 9.17) is 18.3 Å². The van der Waals surface area contributed by atoms with Crippen LogP contribution in [-0.4, -0.2) is 56.9 Å². The van der Waals surface area contributed by atoms with Crippen molar-refractivity contribution in [2.24, 2.45) is 0 Å². The Kier molecular flexibility index (Phi) is 10.7. The first kappa shape index (κ1) is 34.8. The van der Waals surface area contributed by atoms with Crippen molar-refractivity contribution in [1.29, 1.82) is 0 Å². The minimum atomic E-state index is -2.20. The standard InChI is InChI=1S/C31H49N3O7Si2/c1-21(35)38-19-23-18-34(29(37)33-27(23)32-28(36)22-15-13-12-14-16-22)26-17-24(41-43(10,11)31(5,6)7)25(40-26)20-39-42(8,9)30(2,3)4/h12-16,18,24-26H,17,19-20H2,1-11H3,(H,32,33,36,37)/t24-,25+,26+/m0/s1. The van der Waals surface area contributed by atoms with Gasteiger partial charge in [-0.2, -0.15) is 4.98 Å². The first-order valence-corrected chi connectivity index (χ1v) is 20.6. The Balaban J connectivity index is 1.95. The highest BCUT2D eigenvalue weighted by molar-refractivity contribution is 6.74. The molecule has 3 rings (SSSR count). The summed E-state index contributed by atoms with van der Waals surface area (Å²) in [5.41, 5.74) is 0.170. The molecule has 1 saturated heterocycles. The second-order valence-electron chi connectivity index (χ2n) is 14.3. The van der Waals surface area contributed by atoms with Crippen LogP contribution in [0.4, 0.5) is 5.82 Å². The number of aromatic nitrogens is 2. The number of benzene rings is 1. The van der Waals surface area contributed by atoms with E-state index in [0.29, 0.717) is 24.2 Å². The zero-order chi connectivity index (χ0) is 32.4. The molecule has 43 heavy (non-hydrogen) atoms. The van der Waals surface area contributed by atoms with E-state index in [9.17, 15) is 14.4 Å². The number of hydrogen-bond acceptors (Lipinski definition) is 8. The molecule has 1 aromatic carbocycles. The first-order chi connectivity index (χ1) is 19.7. The maximum absolute atomic E-state index is 13.4. The normalized spacial score (nSPS) is 19.7. The van der Waals surface area contributed by atoms with Crippen LogP contribution >= 0.6 is 0 Å². The summed E-state index contributed by atoms with van der Waals surface area (Å²) in [6.07, 6.45) is 0.594. The third-order valence-corrected chi connectivity index (χ3v) is 17.9. The molecule has 238 valence electrons. The minimum Gasteiger partial charge on any atom is -0.461 e. The molecule has 10 nitrogen and oxygen atoms in total. The van der Waals surface area contributed by atoms with Crippen LogP contribution in [0, 0.1) is 0 Å². The van der Waals surface area contributed by atoms with Crippen molar-refractivity contribution in [1.82, 2.24) is 9.55 Å². The smallest absolute Gasteiger partial charge is 0.351 e. The lowest BCUT2D eigenvalue weighted by molar-refractivity contribution is -0.142. The van der Waals surface area contributed by atoms with Crippen LogP contribution in [0.2, 0.25) is 36.3 Å². The monoisotopic (exact) mass is 631 g/mol. The van der Waals surface area contributed by atoms with Crippen molar-refractivity contribution < 1.29 is 27.9 Å². The van der Waals surface area contributed by atoms with Crippen molar-refractivity contribution in [3.8, 4) is 0 Å². The molecule has 1 N–H and O–H groups in total. The van der Waals surface area contributed by atoms with E-state index in [1.54, 1.807) is 36.5 Å². The van der Waals surface area contributed by atoms with Gasteiger partial charge in [0.25, 0.3) is 5.91 Å². The van der Waals surface area contributed by atoms with E-state index < -0.39 is 46.5 Å². The maximum Gasteiger partial charge on any atom is 0.351 e. The Morgan fingerprint density at radius 3 is 2.19 bits per heavy atom. The summed E-state index contributed by atoms with van der Waals surface area (Å²) in [5, 5.41) is 2.69. The van der Waals surface area contributed by atoms with Gasteiger partial charge in [0, 0.05) is 30.7 Å². The first-order valence-electron chi connectivity index (χ1n) is 14.8. The molecule has 1 aromatic heterocycles. The summed E-state index contributed by atoms with van der Waals surface area (Å²) >= 11 is 0. The van der Waals surface area contributed by atoms with Gasteiger partial charge in [0.2, 0.25) is 0 Å². The zero-order valence-corrected chi connectivity index (χ0v) is 29.6.